The largest absolute Gasteiger partial charge is 0.355 e. The van der Waals surface area contributed by atoms with Crippen molar-refractivity contribution < 1.29 is 0 Å². The number of hydrogen-bond donors (Lipinski definition) is 1. The second-order valence-corrected chi connectivity index (χ2v) is 14.2. The van der Waals surface area contributed by atoms with Gasteiger partial charge >= 0.3 is 0 Å². The fourth-order valence-corrected chi connectivity index (χ4v) is 13.1. The second-order valence-electron chi connectivity index (χ2n) is 8.86. The summed E-state index contributed by atoms with van der Waals surface area (Å²) < 4.78 is 0. The van der Waals surface area contributed by atoms with Gasteiger partial charge in [0.2, 0.25) is 0 Å². The zero-order chi connectivity index (χ0) is 21.4. The summed E-state index contributed by atoms with van der Waals surface area (Å²) in [5.41, 5.74) is 3.16. The lowest BCUT2D eigenvalue weighted by Crippen LogP contribution is -2.70. The number of benzene rings is 4. The van der Waals surface area contributed by atoms with E-state index in [4.69, 9.17) is 0 Å². The Morgan fingerprint density at radius 2 is 1.19 bits per heavy atom. The number of H-pyrrole nitrogens is 1. The van der Waals surface area contributed by atoms with Crippen LogP contribution in [-0.2, 0) is 0 Å². The molecule has 3 heteroatoms. The van der Waals surface area contributed by atoms with Crippen LogP contribution in [0.4, 0.5) is 0 Å². The fraction of sp³-hybridized carbons (Fsp3) is 0.172. The van der Waals surface area contributed by atoms with E-state index < -0.39 is 8.07 Å². The normalized spacial score (nSPS) is 15.4. The molecule has 2 heterocycles. The molecule has 1 aliphatic rings. The molecule has 1 aliphatic heterocycles. The van der Waals surface area contributed by atoms with Crippen molar-refractivity contribution >= 4 is 57.2 Å². The van der Waals surface area contributed by atoms with Crippen molar-refractivity contribution in [3.8, 4) is 0 Å². The molecule has 0 bridgehead atoms. The summed E-state index contributed by atoms with van der Waals surface area (Å²) in [4.78, 5) is 3.63. The Morgan fingerprint density at radius 3 is 1.88 bits per heavy atom. The Labute approximate surface area is 194 Å². The summed E-state index contributed by atoms with van der Waals surface area (Å²) in [6, 6.07) is 38.9. The summed E-state index contributed by atoms with van der Waals surface area (Å²) >= 11 is 2.12. The molecule has 0 atom stereocenters. The number of thioether (sulfide) groups is 1. The lowest BCUT2D eigenvalue weighted by atomic mass is 10.1. The maximum Gasteiger partial charge on any atom is 0.151 e. The van der Waals surface area contributed by atoms with Gasteiger partial charge in [0.25, 0.3) is 0 Å². The third kappa shape index (κ3) is 3.15. The number of hydrogen-bond acceptors (Lipinski definition) is 1. The monoisotopic (exact) mass is 449 g/mol. The number of nitrogens with one attached hydrogen (secondary N) is 1. The van der Waals surface area contributed by atoms with Gasteiger partial charge in [0.1, 0.15) is 0 Å². The maximum absolute atomic E-state index is 3.63. The van der Waals surface area contributed by atoms with E-state index in [0.29, 0.717) is 5.54 Å². The third-order valence-corrected chi connectivity index (χ3v) is 13.8. The van der Waals surface area contributed by atoms with Crippen LogP contribution in [0.15, 0.2) is 103 Å². The van der Waals surface area contributed by atoms with Gasteiger partial charge in [-0.15, -0.1) is 0 Å². The molecule has 6 rings (SSSR count). The van der Waals surface area contributed by atoms with E-state index in [0.717, 1.165) is 0 Å². The molecular weight excluding hydrogens is 422 g/mol. The number of aromatic amines is 1. The lowest BCUT2D eigenvalue weighted by Gasteiger charge is -2.42. The summed E-state index contributed by atoms with van der Waals surface area (Å²) in [7, 11) is -2.23. The van der Waals surface area contributed by atoms with E-state index in [1.54, 1.807) is 15.6 Å². The van der Waals surface area contributed by atoms with Gasteiger partial charge in [-0.05, 0) is 57.6 Å². The molecule has 5 aromatic rings. The Balaban J connectivity index is 1.69. The van der Waals surface area contributed by atoms with Gasteiger partial charge in [-0.2, -0.15) is 11.8 Å². The van der Waals surface area contributed by atoms with Crippen molar-refractivity contribution in [3.63, 3.8) is 0 Å². The number of rotatable bonds is 4. The summed E-state index contributed by atoms with van der Waals surface area (Å²) in [6.07, 6.45) is 2.60. The van der Waals surface area contributed by atoms with E-state index in [-0.39, 0.29) is 0 Å². The Morgan fingerprint density at radius 1 is 0.594 bits per heavy atom. The van der Waals surface area contributed by atoms with Crippen molar-refractivity contribution in [2.45, 2.75) is 18.4 Å². The molecule has 1 aromatic heterocycles. The molecule has 158 valence electrons. The molecule has 0 radical (unpaired) electrons. The van der Waals surface area contributed by atoms with Crippen LogP contribution in [0.5, 0.6) is 0 Å². The van der Waals surface area contributed by atoms with Crippen LogP contribution in [0.1, 0.15) is 12.8 Å². The molecule has 1 fully saturated rings. The van der Waals surface area contributed by atoms with Gasteiger partial charge < -0.3 is 4.98 Å². The molecule has 1 saturated heterocycles. The van der Waals surface area contributed by atoms with Gasteiger partial charge in [0.05, 0.1) is 0 Å². The predicted octanol–water partition coefficient (Wildman–Crippen LogP) is 5.69. The molecule has 0 saturated carbocycles. The van der Waals surface area contributed by atoms with Crippen molar-refractivity contribution in [1.29, 1.82) is 0 Å². The van der Waals surface area contributed by atoms with Crippen molar-refractivity contribution in [2.24, 2.45) is 0 Å². The molecule has 0 amide bonds. The minimum absolute atomic E-state index is 0.705. The Hall–Kier alpha value is -2.75. The Bertz CT molecular complexity index is 1310. The van der Waals surface area contributed by atoms with Gasteiger partial charge in [0.15, 0.2) is 8.07 Å². The van der Waals surface area contributed by atoms with Crippen molar-refractivity contribution in [2.75, 3.05) is 11.5 Å². The highest BCUT2D eigenvalue weighted by molar-refractivity contribution is 7.99. The summed E-state index contributed by atoms with van der Waals surface area (Å²) in [5, 5.41) is 7.31. The SMILES string of the molecule is c1ccc([Si](c2ccccc2)(c2ccc3[nH]c4ccccc4c3c2)C2CCSCC2)cc1. The highest BCUT2D eigenvalue weighted by Gasteiger charge is 2.46. The molecule has 0 unspecified atom stereocenters. The fourth-order valence-electron chi connectivity index (χ4n) is 5.83. The zero-order valence-electron chi connectivity index (χ0n) is 18.1. The van der Waals surface area contributed by atoms with E-state index in [9.17, 15) is 0 Å². The summed E-state index contributed by atoms with van der Waals surface area (Å²) in [5.74, 6) is 2.54. The van der Waals surface area contributed by atoms with Crippen molar-refractivity contribution in [3.05, 3.63) is 103 Å². The average molecular weight is 450 g/mol. The number of fused-ring (bicyclic) bond motifs is 3. The van der Waals surface area contributed by atoms with Gasteiger partial charge in [0, 0.05) is 21.8 Å². The molecule has 4 aromatic carbocycles. The van der Waals surface area contributed by atoms with E-state index in [2.05, 4.69) is 120 Å². The average Bonchev–Trinajstić information content (AvgIpc) is 3.25. The molecule has 1 nitrogen and oxygen atoms in total. The van der Waals surface area contributed by atoms with Crippen LogP contribution in [0.2, 0.25) is 5.54 Å². The minimum atomic E-state index is -2.23. The molecule has 0 aliphatic carbocycles. The first kappa shape index (κ1) is 19.9. The zero-order valence-corrected chi connectivity index (χ0v) is 19.9. The first-order chi connectivity index (χ1) is 15.9. The van der Waals surface area contributed by atoms with Crippen LogP contribution in [0, 0.1) is 0 Å². The minimum Gasteiger partial charge on any atom is -0.355 e. The standard InChI is InChI=1S/C29H27NSSi/c1-3-9-22(10-4-1)32(23-11-5-2-6-12-23,24-17-19-31-20-18-24)25-15-16-29-27(21-25)26-13-7-8-14-28(26)30-29/h1-16,21,24,30H,17-20H2. The number of para-hydroxylation sites is 1. The van der Waals surface area contributed by atoms with Gasteiger partial charge in [-0.3, -0.25) is 0 Å². The highest BCUT2D eigenvalue weighted by atomic mass is 32.2. The molecule has 32 heavy (non-hydrogen) atoms. The predicted molar refractivity (Wildman–Crippen MR) is 144 cm³/mol. The van der Waals surface area contributed by atoms with Crippen LogP contribution < -0.4 is 15.6 Å². The molecule has 1 N–H and O–H groups in total. The second kappa shape index (κ2) is 8.31. The topological polar surface area (TPSA) is 15.8 Å². The first-order valence-corrected chi connectivity index (χ1v) is 14.8. The smallest absolute Gasteiger partial charge is 0.151 e. The first-order valence-electron chi connectivity index (χ1n) is 11.6. The van der Waals surface area contributed by atoms with E-state index in [1.165, 1.54) is 46.2 Å². The lowest BCUT2D eigenvalue weighted by molar-refractivity contribution is 0.743. The van der Waals surface area contributed by atoms with Crippen LogP contribution in [-0.4, -0.2) is 24.6 Å². The maximum atomic E-state index is 3.63. The van der Waals surface area contributed by atoms with Crippen LogP contribution >= 0.6 is 11.8 Å². The molecule has 0 spiro atoms. The summed E-state index contributed by atoms with van der Waals surface area (Å²) in [6.45, 7) is 0. The van der Waals surface area contributed by atoms with Gasteiger partial charge in [-0.1, -0.05) is 91.0 Å². The van der Waals surface area contributed by atoms with Gasteiger partial charge in [-0.25, -0.2) is 0 Å². The van der Waals surface area contributed by atoms with E-state index in [1.807, 2.05) is 0 Å². The Kier molecular flexibility index (Phi) is 5.16. The highest BCUT2D eigenvalue weighted by Crippen LogP contribution is 2.36. The van der Waals surface area contributed by atoms with Crippen molar-refractivity contribution in [1.82, 2.24) is 4.98 Å². The van der Waals surface area contributed by atoms with Crippen LogP contribution in [0.3, 0.4) is 0 Å². The quantitative estimate of drug-likeness (QED) is 0.275. The van der Waals surface area contributed by atoms with Crippen LogP contribution in [0.25, 0.3) is 21.8 Å². The third-order valence-electron chi connectivity index (χ3n) is 7.25. The number of aromatic nitrogens is 1. The van der Waals surface area contributed by atoms with E-state index >= 15 is 0 Å². The molecular formula is C29H27NSSi.